The largest absolute Gasteiger partial charge is 0.284 e. The molecule has 27 heavy (non-hydrogen) atoms. The summed E-state index contributed by atoms with van der Waals surface area (Å²) in [6.07, 6.45) is 7.62. The monoisotopic (exact) mass is 376 g/mol. The number of pyridine rings is 1. The summed E-state index contributed by atoms with van der Waals surface area (Å²) in [5.74, 6) is -0.282. The number of aromatic nitrogens is 1. The minimum Gasteiger partial charge on any atom is -0.284 e. The van der Waals surface area contributed by atoms with Gasteiger partial charge in [-0.05, 0) is 60.4 Å². The molecular weight excluding hydrogens is 359 g/mol. The molecule has 1 aliphatic heterocycles. The quantitative estimate of drug-likeness (QED) is 0.533. The van der Waals surface area contributed by atoms with Crippen molar-refractivity contribution in [1.29, 1.82) is 0 Å². The third-order valence-electron chi connectivity index (χ3n) is 4.61. The molecule has 2 heterocycles. The average Bonchev–Trinajstić information content (AvgIpc) is 2.71. The van der Waals surface area contributed by atoms with Crippen LogP contribution in [0.25, 0.3) is 17.2 Å². The van der Waals surface area contributed by atoms with Gasteiger partial charge in [-0.1, -0.05) is 35.9 Å². The van der Waals surface area contributed by atoms with Crippen LogP contribution in [0.2, 0.25) is 5.02 Å². The molecule has 4 heteroatoms. The van der Waals surface area contributed by atoms with Crippen LogP contribution in [-0.2, 0) is 0 Å². The Morgan fingerprint density at radius 2 is 1.89 bits per heavy atom. The molecule has 4 rings (SSSR count). The van der Waals surface area contributed by atoms with Gasteiger partial charge >= 0.3 is 0 Å². The highest BCUT2D eigenvalue weighted by Gasteiger charge is 2.15. The van der Waals surface area contributed by atoms with Gasteiger partial charge in [0.15, 0.2) is 0 Å². The van der Waals surface area contributed by atoms with E-state index >= 15 is 0 Å². The van der Waals surface area contributed by atoms with E-state index in [0.717, 1.165) is 41.8 Å². The summed E-state index contributed by atoms with van der Waals surface area (Å²) < 4.78 is 14.4. The lowest BCUT2D eigenvalue weighted by atomic mass is 9.94. The Kier molecular flexibility index (Phi) is 5.12. The van der Waals surface area contributed by atoms with Crippen molar-refractivity contribution in [3.05, 3.63) is 94.5 Å². The van der Waals surface area contributed by atoms with Crippen LogP contribution in [0.5, 0.6) is 0 Å². The second-order valence-corrected chi connectivity index (χ2v) is 6.87. The summed E-state index contributed by atoms with van der Waals surface area (Å²) in [4.78, 5) is 8.91. The zero-order valence-corrected chi connectivity index (χ0v) is 15.5. The van der Waals surface area contributed by atoms with E-state index in [2.05, 4.69) is 11.1 Å². The van der Waals surface area contributed by atoms with Crippen molar-refractivity contribution >= 4 is 23.4 Å². The summed E-state index contributed by atoms with van der Waals surface area (Å²) >= 11 is 6.27. The fourth-order valence-electron chi connectivity index (χ4n) is 3.32. The number of benzene rings is 2. The van der Waals surface area contributed by atoms with Crippen LogP contribution in [0.15, 0.2) is 77.6 Å². The van der Waals surface area contributed by atoms with E-state index in [1.165, 1.54) is 6.07 Å². The van der Waals surface area contributed by atoms with Gasteiger partial charge in [-0.3, -0.25) is 9.98 Å². The first-order valence-electron chi connectivity index (χ1n) is 8.92. The Morgan fingerprint density at radius 1 is 1.00 bits per heavy atom. The zero-order valence-electron chi connectivity index (χ0n) is 14.7. The molecule has 0 spiro atoms. The van der Waals surface area contributed by atoms with Crippen molar-refractivity contribution in [3.8, 4) is 11.1 Å². The van der Waals surface area contributed by atoms with Crippen LogP contribution in [0.3, 0.4) is 0 Å². The number of hydrogen-bond donors (Lipinski definition) is 0. The van der Waals surface area contributed by atoms with Crippen LogP contribution >= 0.6 is 11.6 Å². The van der Waals surface area contributed by atoms with Gasteiger partial charge in [0.1, 0.15) is 5.82 Å². The molecule has 0 aliphatic carbocycles. The Balaban J connectivity index is 1.76. The lowest BCUT2D eigenvalue weighted by Gasteiger charge is -2.16. The maximum absolute atomic E-state index is 14.4. The number of hydrogen-bond acceptors (Lipinski definition) is 2. The van der Waals surface area contributed by atoms with Crippen LogP contribution < -0.4 is 0 Å². The predicted octanol–water partition coefficient (Wildman–Crippen LogP) is 6.21. The Labute approximate surface area is 163 Å². The van der Waals surface area contributed by atoms with Gasteiger partial charge in [0, 0.05) is 40.7 Å². The Hall–Kier alpha value is -2.78. The normalized spacial score (nSPS) is 15.6. The minimum absolute atomic E-state index is 0.282. The lowest BCUT2D eigenvalue weighted by Crippen LogP contribution is -2.11. The molecule has 1 aliphatic rings. The van der Waals surface area contributed by atoms with Crippen LogP contribution in [0, 0.1) is 5.82 Å². The van der Waals surface area contributed by atoms with E-state index < -0.39 is 0 Å². The molecule has 0 N–H and O–H groups in total. The molecule has 0 saturated heterocycles. The van der Waals surface area contributed by atoms with E-state index in [4.69, 9.17) is 16.6 Å². The molecule has 0 radical (unpaired) electrons. The predicted molar refractivity (Wildman–Crippen MR) is 110 cm³/mol. The molecule has 2 nitrogen and oxygen atoms in total. The van der Waals surface area contributed by atoms with Gasteiger partial charge < -0.3 is 0 Å². The van der Waals surface area contributed by atoms with Gasteiger partial charge in [0.05, 0.1) is 5.71 Å². The fourth-order valence-corrected chi connectivity index (χ4v) is 3.56. The fraction of sp³-hybridized carbons (Fsp3) is 0.130. The van der Waals surface area contributed by atoms with Crippen molar-refractivity contribution in [1.82, 2.24) is 4.98 Å². The summed E-state index contributed by atoms with van der Waals surface area (Å²) in [6, 6.07) is 16.4. The third kappa shape index (κ3) is 3.83. The average molecular weight is 377 g/mol. The molecule has 0 fully saturated rings. The van der Waals surface area contributed by atoms with Crippen LogP contribution in [0.1, 0.15) is 24.0 Å². The molecule has 0 bridgehead atoms. The van der Waals surface area contributed by atoms with Crippen molar-refractivity contribution in [3.63, 3.8) is 0 Å². The molecule has 0 unspecified atom stereocenters. The van der Waals surface area contributed by atoms with Crippen LogP contribution in [0.4, 0.5) is 4.39 Å². The molecule has 0 atom stereocenters. The maximum atomic E-state index is 14.4. The van der Waals surface area contributed by atoms with Crippen molar-refractivity contribution in [2.75, 3.05) is 6.54 Å². The first-order chi connectivity index (χ1) is 13.2. The highest BCUT2D eigenvalue weighted by molar-refractivity contribution is 6.33. The number of nitrogens with zero attached hydrogens (tertiary/aromatic N) is 2. The molecule has 2 aromatic carbocycles. The second-order valence-electron chi connectivity index (χ2n) is 6.46. The highest BCUT2D eigenvalue weighted by atomic mass is 35.5. The number of rotatable bonds is 3. The maximum Gasteiger partial charge on any atom is 0.131 e. The van der Waals surface area contributed by atoms with E-state index in [9.17, 15) is 4.39 Å². The van der Waals surface area contributed by atoms with Gasteiger partial charge in [-0.15, -0.1) is 0 Å². The number of aliphatic imine (C=N–C) groups is 1. The van der Waals surface area contributed by atoms with Crippen LogP contribution in [-0.4, -0.2) is 17.2 Å². The van der Waals surface area contributed by atoms with Crippen molar-refractivity contribution in [2.45, 2.75) is 12.8 Å². The van der Waals surface area contributed by atoms with E-state index in [1.54, 1.807) is 18.3 Å². The molecule has 1 aromatic heterocycles. The minimum atomic E-state index is -0.282. The summed E-state index contributed by atoms with van der Waals surface area (Å²) in [5, 5.41) is 0.538. The van der Waals surface area contributed by atoms with E-state index in [0.29, 0.717) is 16.1 Å². The van der Waals surface area contributed by atoms with E-state index in [1.807, 2.05) is 42.6 Å². The highest BCUT2D eigenvalue weighted by Crippen LogP contribution is 2.31. The SMILES string of the molecule is Fc1ccc(C=C2CCCN=C2c2cccnc2)cc1-c1ccccc1Cl. The zero-order chi connectivity index (χ0) is 18.6. The van der Waals surface area contributed by atoms with E-state index in [-0.39, 0.29) is 5.82 Å². The second kappa shape index (κ2) is 7.85. The lowest BCUT2D eigenvalue weighted by molar-refractivity contribution is 0.631. The Morgan fingerprint density at radius 3 is 2.70 bits per heavy atom. The molecule has 3 aromatic rings. The molecule has 134 valence electrons. The first-order valence-corrected chi connectivity index (χ1v) is 9.30. The van der Waals surface area contributed by atoms with Gasteiger partial charge in [0.25, 0.3) is 0 Å². The first kappa shape index (κ1) is 17.6. The summed E-state index contributed by atoms with van der Waals surface area (Å²) in [5.41, 5.74) is 5.26. The standard InChI is InChI=1S/C23H18ClFN2/c24-21-8-2-1-7-19(21)20-14-16(9-10-22(20)25)13-17-5-4-12-27-23(17)18-6-3-11-26-15-18/h1-3,6-11,13-15H,4-5,12H2. The van der Waals surface area contributed by atoms with Crippen molar-refractivity contribution < 1.29 is 4.39 Å². The number of allylic oxidation sites excluding steroid dienone is 1. The topological polar surface area (TPSA) is 25.2 Å². The summed E-state index contributed by atoms with van der Waals surface area (Å²) in [7, 11) is 0. The third-order valence-corrected chi connectivity index (χ3v) is 4.94. The van der Waals surface area contributed by atoms with Gasteiger partial charge in [0.2, 0.25) is 0 Å². The smallest absolute Gasteiger partial charge is 0.131 e. The molecule has 0 saturated carbocycles. The van der Waals surface area contributed by atoms with Gasteiger partial charge in [-0.25, -0.2) is 4.39 Å². The van der Waals surface area contributed by atoms with Gasteiger partial charge in [-0.2, -0.15) is 0 Å². The number of halogens is 2. The molecule has 0 amide bonds. The molecular formula is C23H18ClFN2. The Bertz CT molecular complexity index is 1030. The summed E-state index contributed by atoms with van der Waals surface area (Å²) in [6.45, 7) is 0.815. The van der Waals surface area contributed by atoms with Crippen molar-refractivity contribution in [2.24, 2.45) is 4.99 Å².